The van der Waals surface area contributed by atoms with Gasteiger partial charge in [-0.1, -0.05) is 18.5 Å². The second kappa shape index (κ2) is 11.0. The van der Waals surface area contributed by atoms with Crippen LogP contribution in [0.3, 0.4) is 0 Å². The Morgan fingerprint density at radius 2 is 1.86 bits per heavy atom. The van der Waals surface area contributed by atoms with Gasteiger partial charge in [-0.15, -0.1) is 11.3 Å². The number of thiophene rings is 1. The summed E-state index contributed by atoms with van der Waals surface area (Å²) in [5.74, 6) is -0.0766. The third-order valence-corrected chi connectivity index (χ3v) is 9.73. The molecule has 0 bridgehead atoms. The molecule has 1 saturated heterocycles. The summed E-state index contributed by atoms with van der Waals surface area (Å²) in [6, 6.07) is 6.12. The summed E-state index contributed by atoms with van der Waals surface area (Å²) in [7, 11) is -3.61. The first kappa shape index (κ1) is 26.1. The number of amides is 1. The highest BCUT2D eigenvalue weighted by atomic mass is 35.5. The molecule has 0 spiro atoms. The normalized spacial score (nSPS) is 19.2. The summed E-state index contributed by atoms with van der Waals surface area (Å²) in [6.07, 6.45) is 2.71. The van der Waals surface area contributed by atoms with Crippen molar-refractivity contribution in [3.63, 3.8) is 0 Å². The molecule has 1 aromatic heterocycles. The molecule has 0 radical (unpaired) electrons. The largest absolute Gasteiger partial charge is 0.462 e. The van der Waals surface area contributed by atoms with Gasteiger partial charge >= 0.3 is 5.97 Å². The van der Waals surface area contributed by atoms with Crippen LogP contribution >= 0.6 is 22.9 Å². The van der Waals surface area contributed by atoms with Crippen molar-refractivity contribution in [1.82, 2.24) is 9.21 Å². The molecule has 1 amide bonds. The van der Waals surface area contributed by atoms with Crippen molar-refractivity contribution < 1.29 is 22.7 Å². The minimum Gasteiger partial charge on any atom is -0.462 e. The topological polar surface area (TPSA) is 96.0 Å². The van der Waals surface area contributed by atoms with Gasteiger partial charge in [-0.2, -0.15) is 4.31 Å². The van der Waals surface area contributed by atoms with Crippen molar-refractivity contribution in [2.75, 3.05) is 44.6 Å². The summed E-state index contributed by atoms with van der Waals surface area (Å²) < 4.78 is 32.5. The van der Waals surface area contributed by atoms with Gasteiger partial charge in [0.05, 0.1) is 23.6 Å². The summed E-state index contributed by atoms with van der Waals surface area (Å²) >= 11 is 7.34. The van der Waals surface area contributed by atoms with Crippen molar-refractivity contribution in [3.8, 4) is 0 Å². The van der Waals surface area contributed by atoms with Gasteiger partial charge in [0, 0.05) is 36.1 Å². The predicted molar refractivity (Wildman–Crippen MR) is 137 cm³/mol. The molecule has 1 unspecified atom stereocenters. The minimum atomic E-state index is -3.61. The molecule has 1 fully saturated rings. The molecule has 1 aliphatic heterocycles. The number of halogens is 1. The summed E-state index contributed by atoms with van der Waals surface area (Å²) in [5, 5.41) is 3.97. The van der Waals surface area contributed by atoms with Crippen LogP contribution in [0.4, 0.5) is 5.00 Å². The lowest BCUT2D eigenvalue weighted by molar-refractivity contribution is -0.117. The van der Waals surface area contributed by atoms with E-state index in [1.807, 2.05) is 4.90 Å². The van der Waals surface area contributed by atoms with Gasteiger partial charge in [-0.05, 0) is 61.9 Å². The average Bonchev–Trinajstić information content (AvgIpc) is 3.16. The van der Waals surface area contributed by atoms with Gasteiger partial charge in [0.1, 0.15) is 5.00 Å². The Morgan fingerprint density at radius 3 is 2.51 bits per heavy atom. The van der Waals surface area contributed by atoms with Crippen molar-refractivity contribution in [2.45, 2.75) is 38.0 Å². The van der Waals surface area contributed by atoms with Crippen LogP contribution in [-0.2, 0) is 32.4 Å². The lowest BCUT2D eigenvalue weighted by Gasteiger charge is -2.33. The number of sulfonamides is 1. The molecular formula is C24H30ClN3O5S2. The fourth-order valence-corrected chi connectivity index (χ4v) is 7.47. The number of anilines is 1. The maximum atomic E-state index is 12.9. The fourth-order valence-electron chi connectivity index (χ4n) is 4.51. The average molecular weight is 540 g/mol. The van der Waals surface area contributed by atoms with Crippen LogP contribution in [-0.4, -0.2) is 68.8 Å². The monoisotopic (exact) mass is 539 g/mol. The number of nitrogens with zero attached hydrogens (tertiary/aromatic N) is 2. The van der Waals surface area contributed by atoms with E-state index in [2.05, 4.69) is 12.2 Å². The lowest BCUT2D eigenvalue weighted by atomic mass is 9.88. The first-order chi connectivity index (χ1) is 16.7. The smallest absolute Gasteiger partial charge is 0.341 e. The number of esters is 1. The molecule has 11 heteroatoms. The molecule has 190 valence electrons. The van der Waals surface area contributed by atoms with Crippen molar-refractivity contribution in [2.24, 2.45) is 5.92 Å². The van der Waals surface area contributed by atoms with E-state index in [9.17, 15) is 18.0 Å². The van der Waals surface area contributed by atoms with Crippen LogP contribution < -0.4 is 5.32 Å². The number of ether oxygens (including phenoxy) is 1. The molecule has 2 aromatic rings. The van der Waals surface area contributed by atoms with E-state index < -0.39 is 16.0 Å². The van der Waals surface area contributed by atoms with E-state index in [-0.39, 0.29) is 37.0 Å². The quantitative estimate of drug-likeness (QED) is 0.540. The van der Waals surface area contributed by atoms with E-state index in [4.69, 9.17) is 16.3 Å². The Bertz CT molecular complexity index is 1190. The van der Waals surface area contributed by atoms with E-state index in [0.29, 0.717) is 34.6 Å². The third-order valence-electron chi connectivity index (χ3n) is 6.39. The fraction of sp³-hybridized carbons (Fsp3) is 0.500. The second-order valence-corrected chi connectivity index (χ2v) is 12.4. The Morgan fingerprint density at radius 1 is 1.17 bits per heavy atom. The van der Waals surface area contributed by atoms with Crippen LogP contribution in [0.25, 0.3) is 0 Å². The first-order valence-corrected chi connectivity index (χ1v) is 14.4. The Labute approximate surface area is 215 Å². The molecule has 1 aliphatic carbocycles. The predicted octanol–water partition coefficient (Wildman–Crippen LogP) is 3.65. The van der Waals surface area contributed by atoms with E-state index in [0.717, 1.165) is 29.7 Å². The van der Waals surface area contributed by atoms with Gasteiger partial charge < -0.3 is 10.1 Å². The minimum absolute atomic E-state index is 0.121. The van der Waals surface area contributed by atoms with Gasteiger partial charge in [-0.3, -0.25) is 9.69 Å². The Hall–Kier alpha value is -1.98. The van der Waals surface area contributed by atoms with Gasteiger partial charge in [-0.25, -0.2) is 13.2 Å². The van der Waals surface area contributed by atoms with Crippen molar-refractivity contribution in [1.29, 1.82) is 0 Å². The van der Waals surface area contributed by atoms with Gasteiger partial charge in [0.15, 0.2) is 0 Å². The SMILES string of the molecule is CCOC(=O)c1c(NC(=O)CN2CCN(S(=O)(=O)c3ccc(Cl)cc3)CC2)sc2c1CCC(C)C2. The molecule has 1 N–H and O–H groups in total. The van der Waals surface area contributed by atoms with Crippen LogP contribution in [0, 0.1) is 5.92 Å². The maximum Gasteiger partial charge on any atom is 0.341 e. The van der Waals surface area contributed by atoms with E-state index in [1.165, 1.54) is 27.8 Å². The second-order valence-electron chi connectivity index (χ2n) is 8.96. The molecule has 1 aromatic carbocycles. The van der Waals surface area contributed by atoms with Crippen LogP contribution in [0.2, 0.25) is 5.02 Å². The molecule has 8 nitrogen and oxygen atoms in total. The van der Waals surface area contributed by atoms with E-state index in [1.54, 1.807) is 19.1 Å². The van der Waals surface area contributed by atoms with Crippen molar-refractivity contribution in [3.05, 3.63) is 45.3 Å². The lowest BCUT2D eigenvalue weighted by Crippen LogP contribution is -2.50. The van der Waals surface area contributed by atoms with Gasteiger partial charge in [0.25, 0.3) is 0 Å². The molecular weight excluding hydrogens is 510 g/mol. The van der Waals surface area contributed by atoms with Crippen LogP contribution in [0.1, 0.15) is 41.1 Å². The number of hydrogen-bond donors (Lipinski definition) is 1. The third kappa shape index (κ3) is 5.89. The molecule has 2 aliphatic rings. The summed E-state index contributed by atoms with van der Waals surface area (Å²) in [6.45, 7) is 5.80. The van der Waals surface area contributed by atoms with Crippen LogP contribution in [0.5, 0.6) is 0 Å². The summed E-state index contributed by atoms with van der Waals surface area (Å²) in [5.41, 5.74) is 1.49. The zero-order chi connectivity index (χ0) is 25.2. The molecule has 0 saturated carbocycles. The Balaban J connectivity index is 1.38. The van der Waals surface area contributed by atoms with Crippen LogP contribution in [0.15, 0.2) is 29.2 Å². The number of nitrogens with one attached hydrogen (secondary N) is 1. The maximum absolute atomic E-state index is 12.9. The number of fused-ring (bicyclic) bond motifs is 1. The number of carbonyl (C=O) groups excluding carboxylic acids is 2. The van der Waals surface area contributed by atoms with Crippen molar-refractivity contribution >= 4 is 49.8 Å². The first-order valence-electron chi connectivity index (χ1n) is 11.8. The highest BCUT2D eigenvalue weighted by Crippen LogP contribution is 2.40. The number of carbonyl (C=O) groups is 2. The van der Waals surface area contributed by atoms with E-state index >= 15 is 0 Å². The molecule has 2 heterocycles. The molecule has 35 heavy (non-hydrogen) atoms. The standard InChI is InChI=1S/C24H30ClN3O5S2/c1-3-33-24(30)22-19-9-4-16(2)14-20(19)34-23(22)26-21(29)15-27-10-12-28(13-11-27)35(31,32)18-7-5-17(25)6-8-18/h5-8,16H,3-4,9-15H2,1-2H3,(H,26,29). The number of piperazine rings is 1. The molecule has 1 atom stereocenters. The Kier molecular flexibility index (Phi) is 8.17. The summed E-state index contributed by atoms with van der Waals surface area (Å²) in [4.78, 5) is 28.8. The highest BCUT2D eigenvalue weighted by Gasteiger charge is 2.31. The number of benzene rings is 1. The highest BCUT2D eigenvalue weighted by molar-refractivity contribution is 7.89. The van der Waals surface area contributed by atoms with Gasteiger partial charge in [0.2, 0.25) is 15.9 Å². The zero-order valence-electron chi connectivity index (χ0n) is 19.9. The number of rotatable bonds is 7. The molecule has 4 rings (SSSR count). The number of hydrogen-bond acceptors (Lipinski definition) is 7. The zero-order valence-corrected chi connectivity index (χ0v) is 22.3.